The molecule has 0 aliphatic carbocycles. The molecule has 0 amide bonds. The van der Waals surface area contributed by atoms with Gasteiger partial charge in [-0.05, 0) is 12.1 Å². The van der Waals surface area contributed by atoms with Gasteiger partial charge < -0.3 is 5.73 Å². The predicted octanol–water partition coefficient (Wildman–Crippen LogP) is 4.94. The lowest BCUT2D eigenvalue weighted by atomic mass is 10.1. The monoisotopic (exact) mass is 306 g/mol. The molecule has 6 heteroatoms. The van der Waals surface area contributed by atoms with Crippen LogP contribution in [0.3, 0.4) is 0 Å². The molecule has 2 aromatic rings. The molecule has 2 rings (SSSR count). The van der Waals surface area contributed by atoms with Gasteiger partial charge in [0.25, 0.3) is 0 Å². The van der Waals surface area contributed by atoms with Crippen molar-refractivity contribution in [2.75, 3.05) is 5.73 Å². The van der Waals surface area contributed by atoms with Gasteiger partial charge >= 0.3 is 0 Å². The summed E-state index contributed by atoms with van der Waals surface area (Å²) in [5.74, 6) is 0. The molecule has 1 aromatic heterocycles. The molecular weight excluding hydrogens is 302 g/mol. The summed E-state index contributed by atoms with van der Waals surface area (Å²) in [6, 6.07) is 3.20. The van der Waals surface area contributed by atoms with E-state index in [1.807, 2.05) is 0 Å². The van der Waals surface area contributed by atoms with Crippen molar-refractivity contribution in [2.45, 2.75) is 0 Å². The first-order valence-electron chi connectivity index (χ1n) is 4.55. The Morgan fingerprint density at radius 3 is 2.12 bits per heavy atom. The van der Waals surface area contributed by atoms with Gasteiger partial charge in [0.1, 0.15) is 0 Å². The summed E-state index contributed by atoms with van der Waals surface area (Å²) >= 11 is 24.2. The third-order valence-corrected chi connectivity index (χ3v) is 3.81. The van der Waals surface area contributed by atoms with E-state index in [0.717, 1.165) is 0 Å². The van der Waals surface area contributed by atoms with Gasteiger partial charge in [-0.25, -0.2) is 0 Å². The molecule has 0 fully saturated rings. The smallest absolute Gasteiger partial charge is 0.0687 e. The fourth-order valence-electron chi connectivity index (χ4n) is 1.44. The van der Waals surface area contributed by atoms with E-state index in [1.165, 1.54) is 12.3 Å². The van der Waals surface area contributed by atoms with Crippen molar-refractivity contribution >= 4 is 52.1 Å². The molecule has 0 radical (unpaired) electrons. The SMILES string of the molecule is Nc1cnccc1-c1c(Cl)c(Cl)cc(Cl)c1Cl. The maximum Gasteiger partial charge on any atom is 0.0687 e. The molecule has 1 aromatic carbocycles. The molecule has 0 unspecified atom stereocenters. The van der Waals surface area contributed by atoms with Crippen LogP contribution in [0, 0.1) is 0 Å². The minimum absolute atomic E-state index is 0.318. The predicted molar refractivity (Wildman–Crippen MR) is 74.1 cm³/mol. The number of aromatic nitrogens is 1. The summed E-state index contributed by atoms with van der Waals surface area (Å²) < 4.78 is 0. The van der Waals surface area contributed by atoms with Crippen LogP contribution in [0.1, 0.15) is 0 Å². The Kier molecular flexibility index (Phi) is 3.69. The first-order valence-corrected chi connectivity index (χ1v) is 6.06. The van der Waals surface area contributed by atoms with Gasteiger partial charge in [-0.3, -0.25) is 4.98 Å². The summed E-state index contributed by atoms with van der Waals surface area (Å²) in [6.07, 6.45) is 3.10. The van der Waals surface area contributed by atoms with Gasteiger partial charge in [0.05, 0.1) is 32.0 Å². The Hall–Kier alpha value is -0.670. The minimum atomic E-state index is 0.318. The number of nitrogens with zero attached hydrogens (tertiary/aromatic N) is 1. The van der Waals surface area contributed by atoms with Crippen molar-refractivity contribution < 1.29 is 0 Å². The van der Waals surface area contributed by atoms with E-state index in [2.05, 4.69) is 4.98 Å². The van der Waals surface area contributed by atoms with Crippen LogP contribution in [-0.2, 0) is 0 Å². The maximum atomic E-state index is 6.13. The highest BCUT2D eigenvalue weighted by Crippen LogP contribution is 2.44. The van der Waals surface area contributed by atoms with E-state index < -0.39 is 0 Å². The van der Waals surface area contributed by atoms with Crippen molar-refractivity contribution in [1.29, 1.82) is 0 Å². The van der Waals surface area contributed by atoms with E-state index in [0.29, 0.717) is 36.9 Å². The van der Waals surface area contributed by atoms with Crippen LogP contribution in [-0.4, -0.2) is 4.98 Å². The van der Waals surface area contributed by atoms with Crippen LogP contribution in [0.15, 0.2) is 24.5 Å². The number of nitrogen functional groups attached to an aromatic ring is 1. The van der Waals surface area contributed by atoms with Gasteiger partial charge in [-0.15, -0.1) is 0 Å². The van der Waals surface area contributed by atoms with Crippen molar-refractivity contribution in [2.24, 2.45) is 0 Å². The standard InChI is InChI=1S/C11H6Cl4N2/c12-6-3-7(13)11(15)9(10(6)14)5-1-2-17-4-8(5)16/h1-4H,16H2. The summed E-state index contributed by atoms with van der Waals surface area (Å²) in [7, 11) is 0. The maximum absolute atomic E-state index is 6.13. The zero-order valence-electron chi connectivity index (χ0n) is 8.35. The Bertz CT molecular complexity index is 558. The normalized spacial score (nSPS) is 10.6. The van der Waals surface area contributed by atoms with Gasteiger partial charge in [-0.2, -0.15) is 0 Å². The third kappa shape index (κ3) is 2.31. The quantitative estimate of drug-likeness (QED) is 0.757. The number of hydrogen-bond acceptors (Lipinski definition) is 2. The lowest BCUT2D eigenvalue weighted by Gasteiger charge is -2.12. The molecule has 2 nitrogen and oxygen atoms in total. The van der Waals surface area contributed by atoms with E-state index in [4.69, 9.17) is 52.1 Å². The Morgan fingerprint density at radius 1 is 1.00 bits per heavy atom. The fraction of sp³-hybridized carbons (Fsp3) is 0. The van der Waals surface area contributed by atoms with Crippen molar-refractivity contribution in [3.8, 4) is 11.1 Å². The minimum Gasteiger partial charge on any atom is -0.397 e. The number of benzene rings is 1. The number of nitrogens with two attached hydrogens (primary N) is 1. The molecule has 88 valence electrons. The van der Waals surface area contributed by atoms with Crippen LogP contribution in [0.2, 0.25) is 20.1 Å². The molecular formula is C11H6Cl4N2. The second kappa shape index (κ2) is 4.91. The summed E-state index contributed by atoms with van der Waals surface area (Å²) in [4.78, 5) is 3.90. The van der Waals surface area contributed by atoms with Crippen LogP contribution in [0.4, 0.5) is 5.69 Å². The van der Waals surface area contributed by atoms with Crippen molar-refractivity contribution in [3.63, 3.8) is 0 Å². The fourth-order valence-corrected chi connectivity index (χ4v) is 2.46. The highest BCUT2D eigenvalue weighted by Gasteiger charge is 2.17. The zero-order chi connectivity index (χ0) is 12.6. The van der Waals surface area contributed by atoms with E-state index in [-0.39, 0.29) is 0 Å². The number of pyridine rings is 1. The molecule has 0 aliphatic heterocycles. The Morgan fingerprint density at radius 2 is 1.59 bits per heavy atom. The first kappa shape index (κ1) is 12.8. The van der Waals surface area contributed by atoms with Crippen molar-refractivity contribution in [3.05, 3.63) is 44.6 Å². The third-order valence-electron chi connectivity index (χ3n) is 2.23. The highest BCUT2D eigenvalue weighted by molar-refractivity contribution is 6.50. The molecule has 0 saturated carbocycles. The second-order valence-corrected chi connectivity index (χ2v) is 4.88. The van der Waals surface area contributed by atoms with E-state index in [1.54, 1.807) is 12.3 Å². The zero-order valence-corrected chi connectivity index (χ0v) is 11.4. The molecule has 0 atom stereocenters. The summed E-state index contributed by atoms with van der Waals surface area (Å²) in [6.45, 7) is 0. The molecule has 0 saturated heterocycles. The molecule has 0 bridgehead atoms. The largest absolute Gasteiger partial charge is 0.397 e. The molecule has 2 N–H and O–H groups in total. The summed E-state index contributed by atoms with van der Waals surface area (Å²) in [5, 5.41) is 1.29. The Labute approximate surface area is 118 Å². The van der Waals surface area contributed by atoms with Gasteiger partial charge in [-0.1, -0.05) is 46.4 Å². The molecule has 0 spiro atoms. The average molecular weight is 308 g/mol. The van der Waals surface area contributed by atoms with Crippen LogP contribution in [0.25, 0.3) is 11.1 Å². The van der Waals surface area contributed by atoms with E-state index >= 15 is 0 Å². The van der Waals surface area contributed by atoms with Crippen LogP contribution in [0.5, 0.6) is 0 Å². The lowest BCUT2D eigenvalue weighted by Crippen LogP contribution is -1.93. The molecule has 17 heavy (non-hydrogen) atoms. The highest BCUT2D eigenvalue weighted by atomic mass is 35.5. The van der Waals surface area contributed by atoms with E-state index in [9.17, 15) is 0 Å². The van der Waals surface area contributed by atoms with Gasteiger partial charge in [0.15, 0.2) is 0 Å². The van der Waals surface area contributed by atoms with Crippen molar-refractivity contribution in [1.82, 2.24) is 4.98 Å². The number of hydrogen-bond donors (Lipinski definition) is 1. The number of anilines is 1. The Balaban J connectivity index is 2.80. The van der Waals surface area contributed by atoms with Gasteiger partial charge in [0, 0.05) is 17.3 Å². The first-order chi connectivity index (χ1) is 8.02. The topological polar surface area (TPSA) is 38.9 Å². The summed E-state index contributed by atoms with van der Waals surface area (Å²) in [5.41, 5.74) is 7.45. The molecule has 1 heterocycles. The number of rotatable bonds is 1. The number of halogens is 4. The molecule has 0 aliphatic rings. The second-order valence-electron chi connectivity index (χ2n) is 3.31. The van der Waals surface area contributed by atoms with Gasteiger partial charge in [0.2, 0.25) is 0 Å². The van der Waals surface area contributed by atoms with Crippen LogP contribution >= 0.6 is 46.4 Å². The van der Waals surface area contributed by atoms with Crippen LogP contribution < -0.4 is 5.73 Å². The average Bonchev–Trinajstić information content (AvgIpc) is 2.29. The lowest BCUT2D eigenvalue weighted by molar-refractivity contribution is 1.33.